The van der Waals surface area contributed by atoms with Gasteiger partial charge in [0.1, 0.15) is 15.7 Å². The molecule has 4 nitrogen and oxygen atoms in total. The van der Waals surface area contributed by atoms with Crippen LogP contribution >= 0.6 is 0 Å². The normalized spacial score (nSPS) is 13.3. The summed E-state index contributed by atoms with van der Waals surface area (Å²) in [6, 6.07) is 5.08. The third kappa shape index (κ3) is 4.80. The van der Waals surface area contributed by atoms with Gasteiger partial charge in [0.05, 0.1) is 11.4 Å². The molecular formula is C13H21FN2O2S. The SMILES string of the molecule is CNC(C)c1ccc(N(C)CCS(C)(=O)=O)c(F)c1. The van der Waals surface area contributed by atoms with Crippen molar-refractivity contribution in [1.29, 1.82) is 0 Å². The highest BCUT2D eigenvalue weighted by Crippen LogP contribution is 2.22. The molecule has 19 heavy (non-hydrogen) atoms. The molecule has 1 aromatic rings. The minimum Gasteiger partial charge on any atom is -0.371 e. The standard InChI is InChI=1S/C13H21FN2O2S/c1-10(15-2)11-5-6-13(12(14)9-11)16(3)7-8-19(4,17)18/h5-6,9-10,15H,7-8H2,1-4H3. The maximum absolute atomic E-state index is 14.0. The van der Waals surface area contributed by atoms with E-state index in [0.29, 0.717) is 5.69 Å². The fraction of sp³-hybridized carbons (Fsp3) is 0.538. The van der Waals surface area contributed by atoms with Crippen LogP contribution in [0.15, 0.2) is 18.2 Å². The Kier molecular flexibility index (Phi) is 5.31. The second-order valence-corrected chi connectivity index (χ2v) is 7.03. The highest BCUT2D eigenvalue weighted by molar-refractivity contribution is 7.90. The molecule has 1 N–H and O–H groups in total. The van der Waals surface area contributed by atoms with Crippen molar-refractivity contribution in [2.75, 3.05) is 37.5 Å². The highest BCUT2D eigenvalue weighted by Gasteiger charge is 2.12. The van der Waals surface area contributed by atoms with Gasteiger partial charge in [-0.25, -0.2) is 12.8 Å². The molecule has 0 aliphatic rings. The predicted molar refractivity (Wildman–Crippen MR) is 76.9 cm³/mol. The van der Waals surface area contributed by atoms with Crippen LogP contribution in [-0.2, 0) is 9.84 Å². The molecule has 0 aliphatic carbocycles. The Hall–Kier alpha value is -1.14. The summed E-state index contributed by atoms with van der Waals surface area (Å²) in [7, 11) is 0.460. The average molecular weight is 288 g/mol. The number of halogens is 1. The molecule has 6 heteroatoms. The Morgan fingerprint density at radius 3 is 2.53 bits per heavy atom. The summed E-state index contributed by atoms with van der Waals surface area (Å²) in [6.07, 6.45) is 1.18. The average Bonchev–Trinajstić information content (AvgIpc) is 2.34. The molecule has 0 fully saturated rings. The van der Waals surface area contributed by atoms with Crippen molar-refractivity contribution in [3.05, 3.63) is 29.6 Å². The molecule has 0 aromatic heterocycles. The number of hydrogen-bond donors (Lipinski definition) is 1. The van der Waals surface area contributed by atoms with Crippen LogP contribution < -0.4 is 10.2 Å². The number of anilines is 1. The molecule has 1 unspecified atom stereocenters. The first-order valence-corrected chi connectivity index (χ1v) is 8.16. The third-order valence-electron chi connectivity index (χ3n) is 3.11. The van der Waals surface area contributed by atoms with Crippen LogP contribution in [0.2, 0.25) is 0 Å². The first kappa shape index (κ1) is 15.9. The fourth-order valence-corrected chi connectivity index (χ4v) is 2.30. The monoisotopic (exact) mass is 288 g/mol. The Morgan fingerprint density at radius 1 is 1.42 bits per heavy atom. The van der Waals surface area contributed by atoms with E-state index in [-0.39, 0.29) is 24.2 Å². The smallest absolute Gasteiger partial charge is 0.149 e. The summed E-state index contributed by atoms with van der Waals surface area (Å²) < 4.78 is 36.2. The molecule has 1 aromatic carbocycles. The Morgan fingerprint density at radius 2 is 2.05 bits per heavy atom. The van der Waals surface area contributed by atoms with Crippen LogP contribution in [0, 0.1) is 5.82 Å². The van der Waals surface area contributed by atoms with Crippen molar-refractivity contribution in [1.82, 2.24) is 5.32 Å². The number of nitrogens with one attached hydrogen (secondary N) is 1. The maximum Gasteiger partial charge on any atom is 0.149 e. The van der Waals surface area contributed by atoms with E-state index >= 15 is 0 Å². The first-order valence-electron chi connectivity index (χ1n) is 6.10. The zero-order valence-corrected chi connectivity index (χ0v) is 12.6. The van der Waals surface area contributed by atoms with Crippen molar-refractivity contribution in [3.63, 3.8) is 0 Å². The van der Waals surface area contributed by atoms with Gasteiger partial charge < -0.3 is 10.2 Å². The molecule has 0 radical (unpaired) electrons. The summed E-state index contributed by atoms with van der Waals surface area (Å²) in [6.45, 7) is 2.22. The number of hydrogen-bond acceptors (Lipinski definition) is 4. The van der Waals surface area contributed by atoms with E-state index in [1.807, 2.05) is 20.0 Å². The van der Waals surface area contributed by atoms with E-state index in [9.17, 15) is 12.8 Å². The van der Waals surface area contributed by atoms with Crippen LogP contribution in [-0.4, -0.2) is 41.1 Å². The minimum atomic E-state index is -3.04. The van der Waals surface area contributed by atoms with Gasteiger partial charge in [-0.15, -0.1) is 0 Å². The van der Waals surface area contributed by atoms with Crippen LogP contribution in [0.25, 0.3) is 0 Å². The second-order valence-electron chi connectivity index (χ2n) is 4.77. The highest BCUT2D eigenvalue weighted by atomic mass is 32.2. The summed E-state index contributed by atoms with van der Waals surface area (Å²) >= 11 is 0. The molecule has 0 heterocycles. The third-order valence-corrected chi connectivity index (χ3v) is 4.04. The zero-order valence-electron chi connectivity index (χ0n) is 11.8. The summed E-state index contributed by atoms with van der Waals surface area (Å²) in [4.78, 5) is 1.62. The number of rotatable bonds is 6. The minimum absolute atomic E-state index is 0.0115. The molecular weight excluding hydrogens is 267 g/mol. The van der Waals surface area contributed by atoms with Gasteiger partial charge in [0.2, 0.25) is 0 Å². The van der Waals surface area contributed by atoms with E-state index in [1.165, 1.54) is 12.3 Å². The summed E-state index contributed by atoms with van der Waals surface area (Å²) in [5.41, 5.74) is 1.27. The van der Waals surface area contributed by atoms with E-state index in [4.69, 9.17) is 0 Å². The lowest BCUT2D eigenvalue weighted by atomic mass is 10.1. The lowest BCUT2D eigenvalue weighted by molar-refractivity contribution is 0.597. The Labute approximate surface area is 114 Å². The quantitative estimate of drug-likeness (QED) is 0.863. The van der Waals surface area contributed by atoms with E-state index < -0.39 is 9.84 Å². The van der Waals surface area contributed by atoms with Gasteiger partial charge >= 0.3 is 0 Å². The largest absolute Gasteiger partial charge is 0.371 e. The van der Waals surface area contributed by atoms with Crippen LogP contribution in [0.5, 0.6) is 0 Å². The van der Waals surface area contributed by atoms with Crippen LogP contribution in [0.4, 0.5) is 10.1 Å². The maximum atomic E-state index is 14.0. The molecule has 0 aliphatic heterocycles. The Balaban J connectivity index is 2.84. The molecule has 108 valence electrons. The summed E-state index contributed by atoms with van der Waals surface area (Å²) in [5.74, 6) is -0.326. The molecule has 1 atom stereocenters. The van der Waals surface area contributed by atoms with Crippen molar-refractivity contribution >= 4 is 15.5 Å². The fourth-order valence-electron chi connectivity index (χ4n) is 1.69. The van der Waals surface area contributed by atoms with Crippen molar-refractivity contribution in [2.45, 2.75) is 13.0 Å². The van der Waals surface area contributed by atoms with E-state index in [1.54, 1.807) is 18.0 Å². The van der Waals surface area contributed by atoms with Crippen LogP contribution in [0.1, 0.15) is 18.5 Å². The lowest BCUT2D eigenvalue weighted by Gasteiger charge is -2.20. The lowest BCUT2D eigenvalue weighted by Crippen LogP contribution is -2.25. The van der Waals surface area contributed by atoms with E-state index in [0.717, 1.165) is 5.56 Å². The topological polar surface area (TPSA) is 49.4 Å². The number of sulfone groups is 1. The first-order chi connectivity index (χ1) is 8.74. The van der Waals surface area contributed by atoms with Crippen molar-refractivity contribution in [2.24, 2.45) is 0 Å². The van der Waals surface area contributed by atoms with E-state index in [2.05, 4.69) is 5.32 Å². The van der Waals surface area contributed by atoms with Crippen LogP contribution in [0.3, 0.4) is 0 Å². The van der Waals surface area contributed by atoms with Gasteiger partial charge in [0.15, 0.2) is 0 Å². The van der Waals surface area contributed by atoms with Gasteiger partial charge in [-0.3, -0.25) is 0 Å². The zero-order chi connectivity index (χ0) is 14.6. The molecule has 0 bridgehead atoms. The van der Waals surface area contributed by atoms with Gasteiger partial charge in [-0.1, -0.05) is 6.07 Å². The number of benzene rings is 1. The predicted octanol–water partition coefficient (Wildman–Crippen LogP) is 1.59. The van der Waals surface area contributed by atoms with Crippen molar-refractivity contribution in [3.8, 4) is 0 Å². The molecule has 0 saturated carbocycles. The van der Waals surface area contributed by atoms with Gasteiger partial charge in [-0.2, -0.15) is 0 Å². The molecule has 0 spiro atoms. The van der Waals surface area contributed by atoms with Gasteiger partial charge in [0.25, 0.3) is 0 Å². The second kappa shape index (κ2) is 6.34. The van der Waals surface area contributed by atoms with Crippen molar-refractivity contribution < 1.29 is 12.8 Å². The molecule has 1 rings (SSSR count). The van der Waals surface area contributed by atoms with Gasteiger partial charge in [0, 0.05) is 25.9 Å². The Bertz CT molecular complexity index is 531. The summed E-state index contributed by atoms with van der Waals surface area (Å²) in [5, 5.41) is 3.04. The molecule has 0 amide bonds. The molecule has 0 saturated heterocycles. The number of nitrogens with zero attached hydrogens (tertiary/aromatic N) is 1. The van der Waals surface area contributed by atoms with Gasteiger partial charge in [-0.05, 0) is 31.7 Å².